The molecule has 5 nitrogen and oxygen atoms in total. The lowest BCUT2D eigenvalue weighted by Crippen LogP contribution is -2.13. The summed E-state index contributed by atoms with van der Waals surface area (Å²) in [5.41, 5.74) is 2.04. The Balaban J connectivity index is 1.85. The summed E-state index contributed by atoms with van der Waals surface area (Å²) in [6, 6.07) is 19.9. The van der Waals surface area contributed by atoms with Crippen LogP contribution in [0.1, 0.15) is 28.4 Å². The van der Waals surface area contributed by atoms with Gasteiger partial charge in [0, 0.05) is 6.92 Å². The predicted molar refractivity (Wildman–Crippen MR) is 98.5 cm³/mol. The minimum Gasteiger partial charge on any atom is -0.457 e. The van der Waals surface area contributed by atoms with Crippen LogP contribution in [-0.4, -0.2) is 11.9 Å². The van der Waals surface area contributed by atoms with E-state index in [-0.39, 0.29) is 12.5 Å². The second kappa shape index (κ2) is 7.49. The molecule has 0 fully saturated rings. The minimum atomic E-state index is -0.524. The van der Waals surface area contributed by atoms with Crippen LogP contribution in [0.4, 0.5) is 5.69 Å². The molecular weight excluding hydrogens is 328 g/mol. The average Bonchev–Trinajstić information content (AvgIpc) is 2.65. The summed E-state index contributed by atoms with van der Waals surface area (Å²) in [5, 5.41) is 13.3. The van der Waals surface area contributed by atoms with Gasteiger partial charge in [0.05, 0.1) is 22.9 Å². The first kappa shape index (κ1) is 17.2. The zero-order valence-electron chi connectivity index (χ0n) is 14.2. The Kier molecular flexibility index (Phi) is 4.95. The number of nitrogens with zero attached hydrogens (tertiary/aromatic N) is 1. The fourth-order valence-corrected chi connectivity index (χ4v) is 2.60. The highest BCUT2D eigenvalue weighted by atomic mass is 16.5. The summed E-state index contributed by atoms with van der Waals surface area (Å²) in [4.78, 5) is 24.0. The van der Waals surface area contributed by atoms with Crippen LogP contribution in [0.5, 0.6) is 0 Å². The van der Waals surface area contributed by atoms with Crippen molar-refractivity contribution < 1.29 is 14.3 Å². The first-order valence-electron chi connectivity index (χ1n) is 8.03. The molecule has 3 aromatic rings. The molecule has 0 bridgehead atoms. The maximum absolute atomic E-state index is 12.6. The molecule has 0 heterocycles. The van der Waals surface area contributed by atoms with Gasteiger partial charge in [-0.15, -0.1) is 0 Å². The van der Waals surface area contributed by atoms with Crippen molar-refractivity contribution in [2.45, 2.75) is 13.5 Å². The van der Waals surface area contributed by atoms with E-state index in [1.807, 2.05) is 30.3 Å². The number of hydrogen-bond acceptors (Lipinski definition) is 4. The third kappa shape index (κ3) is 3.87. The maximum Gasteiger partial charge on any atom is 0.340 e. The number of anilines is 1. The Labute approximate surface area is 150 Å². The van der Waals surface area contributed by atoms with Gasteiger partial charge in [0.25, 0.3) is 0 Å². The maximum atomic E-state index is 12.6. The summed E-state index contributed by atoms with van der Waals surface area (Å²) in [6.07, 6.45) is 0. The van der Waals surface area contributed by atoms with E-state index < -0.39 is 5.97 Å². The lowest BCUT2D eigenvalue weighted by atomic mass is 10.0. The molecule has 0 saturated heterocycles. The summed E-state index contributed by atoms with van der Waals surface area (Å²) in [6.45, 7) is 1.47. The van der Waals surface area contributed by atoms with E-state index >= 15 is 0 Å². The van der Waals surface area contributed by atoms with Crippen molar-refractivity contribution in [2.75, 3.05) is 5.32 Å². The van der Waals surface area contributed by atoms with Crippen LogP contribution >= 0.6 is 0 Å². The van der Waals surface area contributed by atoms with E-state index in [1.165, 1.54) is 6.92 Å². The summed E-state index contributed by atoms with van der Waals surface area (Å²) in [5.74, 6) is -0.787. The quantitative estimate of drug-likeness (QED) is 0.725. The van der Waals surface area contributed by atoms with Crippen molar-refractivity contribution >= 4 is 28.3 Å². The van der Waals surface area contributed by atoms with Crippen molar-refractivity contribution in [1.82, 2.24) is 0 Å². The zero-order valence-corrected chi connectivity index (χ0v) is 14.2. The van der Waals surface area contributed by atoms with Crippen LogP contribution < -0.4 is 5.32 Å². The van der Waals surface area contributed by atoms with Crippen LogP contribution in [0.2, 0.25) is 0 Å². The molecule has 0 radical (unpaired) electrons. The van der Waals surface area contributed by atoms with Gasteiger partial charge in [0.15, 0.2) is 0 Å². The lowest BCUT2D eigenvalue weighted by molar-refractivity contribution is -0.114. The highest BCUT2D eigenvalue weighted by molar-refractivity contribution is 6.05. The van der Waals surface area contributed by atoms with Gasteiger partial charge < -0.3 is 10.1 Å². The fraction of sp³-hybridized carbons (Fsp3) is 0.0952. The number of carbonyl (C=O) groups is 2. The Morgan fingerprint density at radius 1 is 1.04 bits per heavy atom. The van der Waals surface area contributed by atoms with Gasteiger partial charge >= 0.3 is 5.97 Å². The molecule has 128 valence electrons. The van der Waals surface area contributed by atoms with E-state index in [2.05, 4.69) is 5.32 Å². The van der Waals surface area contributed by atoms with E-state index in [4.69, 9.17) is 10.00 Å². The summed E-state index contributed by atoms with van der Waals surface area (Å²) < 4.78 is 5.39. The molecule has 1 N–H and O–H groups in total. The number of benzene rings is 3. The topological polar surface area (TPSA) is 79.2 Å². The standard InChI is InChI=1S/C21H16N2O3/c1-14(24)23-20-11-18-5-3-2-4-17(18)10-19(20)21(25)26-13-16-8-6-15(12-22)7-9-16/h2-11H,13H2,1H3,(H,23,24). The van der Waals surface area contributed by atoms with Crippen LogP contribution in [0.3, 0.4) is 0 Å². The van der Waals surface area contributed by atoms with Crippen molar-refractivity contribution in [3.8, 4) is 6.07 Å². The second-order valence-corrected chi connectivity index (χ2v) is 5.81. The van der Waals surface area contributed by atoms with E-state index in [0.717, 1.165) is 16.3 Å². The molecule has 3 rings (SSSR count). The Morgan fingerprint density at radius 3 is 2.31 bits per heavy atom. The second-order valence-electron chi connectivity index (χ2n) is 5.81. The molecule has 5 heteroatoms. The molecule has 26 heavy (non-hydrogen) atoms. The van der Waals surface area contributed by atoms with Crippen molar-refractivity contribution in [2.24, 2.45) is 0 Å². The number of fused-ring (bicyclic) bond motifs is 1. The van der Waals surface area contributed by atoms with Crippen LogP contribution in [-0.2, 0) is 16.1 Å². The van der Waals surface area contributed by atoms with Gasteiger partial charge in [0.1, 0.15) is 6.61 Å². The number of nitrogens with one attached hydrogen (secondary N) is 1. The van der Waals surface area contributed by atoms with Crippen molar-refractivity contribution in [1.29, 1.82) is 5.26 Å². The zero-order chi connectivity index (χ0) is 18.5. The molecule has 0 aliphatic carbocycles. The van der Waals surface area contributed by atoms with E-state index in [0.29, 0.717) is 16.8 Å². The Bertz CT molecular complexity index is 1020. The minimum absolute atomic E-state index is 0.0802. The highest BCUT2D eigenvalue weighted by Crippen LogP contribution is 2.25. The summed E-state index contributed by atoms with van der Waals surface area (Å²) in [7, 11) is 0. The number of ether oxygens (including phenoxy) is 1. The molecule has 0 spiro atoms. The van der Waals surface area contributed by atoms with Gasteiger partial charge in [-0.2, -0.15) is 5.26 Å². The molecule has 0 unspecified atom stereocenters. The number of nitriles is 1. The first-order valence-corrected chi connectivity index (χ1v) is 8.03. The average molecular weight is 344 g/mol. The number of amides is 1. The molecule has 0 aliphatic rings. The molecule has 0 atom stereocenters. The third-order valence-electron chi connectivity index (χ3n) is 3.87. The number of hydrogen-bond donors (Lipinski definition) is 1. The third-order valence-corrected chi connectivity index (χ3v) is 3.87. The van der Waals surface area contributed by atoms with Gasteiger partial charge in [-0.25, -0.2) is 4.79 Å². The lowest BCUT2D eigenvalue weighted by Gasteiger charge is -2.12. The first-order chi connectivity index (χ1) is 12.6. The molecule has 3 aromatic carbocycles. The van der Waals surface area contributed by atoms with Crippen molar-refractivity contribution in [3.05, 3.63) is 77.4 Å². The molecular formula is C21H16N2O3. The number of carbonyl (C=O) groups excluding carboxylic acids is 2. The SMILES string of the molecule is CC(=O)Nc1cc2ccccc2cc1C(=O)OCc1ccc(C#N)cc1. The van der Waals surface area contributed by atoms with Crippen LogP contribution in [0.25, 0.3) is 10.8 Å². The van der Waals surface area contributed by atoms with Gasteiger partial charge in [-0.1, -0.05) is 36.4 Å². The van der Waals surface area contributed by atoms with Gasteiger partial charge in [0.2, 0.25) is 5.91 Å². The Hall–Kier alpha value is -3.65. The van der Waals surface area contributed by atoms with Crippen LogP contribution in [0, 0.1) is 11.3 Å². The predicted octanol–water partition coefficient (Wildman–Crippen LogP) is 4.03. The van der Waals surface area contributed by atoms with Crippen LogP contribution in [0.15, 0.2) is 60.7 Å². The molecule has 0 aliphatic heterocycles. The van der Waals surface area contributed by atoms with Gasteiger partial charge in [-0.3, -0.25) is 4.79 Å². The molecule has 1 amide bonds. The molecule has 0 saturated carbocycles. The largest absolute Gasteiger partial charge is 0.457 e. The normalized spacial score (nSPS) is 10.2. The molecule has 0 aromatic heterocycles. The van der Waals surface area contributed by atoms with Crippen molar-refractivity contribution in [3.63, 3.8) is 0 Å². The van der Waals surface area contributed by atoms with E-state index in [1.54, 1.807) is 36.4 Å². The van der Waals surface area contributed by atoms with E-state index in [9.17, 15) is 9.59 Å². The summed E-state index contributed by atoms with van der Waals surface area (Å²) >= 11 is 0. The fourth-order valence-electron chi connectivity index (χ4n) is 2.60. The number of rotatable bonds is 4. The highest BCUT2D eigenvalue weighted by Gasteiger charge is 2.15. The Morgan fingerprint density at radius 2 is 1.69 bits per heavy atom. The number of esters is 1. The smallest absolute Gasteiger partial charge is 0.340 e. The van der Waals surface area contributed by atoms with Gasteiger partial charge in [-0.05, 0) is 40.6 Å². The monoisotopic (exact) mass is 344 g/mol.